The molecular formula is C28H31Cl. The highest BCUT2D eigenvalue weighted by Crippen LogP contribution is 2.29. The number of aryl methyl sites for hydroxylation is 3. The molecule has 3 rings (SSSR count). The third kappa shape index (κ3) is 6.34. The molecule has 0 bridgehead atoms. The minimum Gasteiger partial charge on any atom is -0.0985 e. The van der Waals surface area contributed by atoms with Gasteiger partial charge in [-0.1, -0.05) is 85.3 Å². The zero-order chi connectivity index (χ0) is 20.6. The number of rotatable bonds is 9. The van der Waals surface area contributed by atoms with E-state index in [4.69, 9.17) is 11.6 Å². The van der Waals surface area contributed by atoms with Crippen LogP contribution in [0.2, 0.25) is 5.02 Å². The van der Waals surface area contributed by atoms with Crippen LogP contribution in [-0.2, 0) is 12.8 Å². The van der Waals surface area contributed by atoms with Crippen molar-refractivity contribution in [2.75, 3.05) is 0 Å². The Morgan fingerprint density at radius 2 is 1.62 bits per heavy atom. The van der Waals surface area contributed by atoms with Crippen LogP contribution in [0.5, 0.6) is 0 Å². The molecule has 0 radical (unpaired) electrons. The van der Waals surface area contributed by atoms with E-state index < -0.39 is 0 Å². The fourth-order valence-electron chi connectivity index (χ4n) is 3.90. The predicted molar refractivity (Wildman–Crippen MR) is 128 cm³/mol. The molecule has 3 aromatic rings. The van der Waals surface area contributed by atoms with E-state index >= 15 is 0 Å². The van der Waals surface area contributed by atoms with E-state index in [9.17, 15) is 0 Å². The van der Waals surface area contributed by atoms with Gasteiger partial charge < -0.3 is 0 Å². The molecule has 0 saturated carbocycles. The summed E-state index contributed by atoms with van der Waals surface area (Å²) in [6.07, 6.45) is 7.69. The molecule has 29 heavy (non-hydrogen) atoms. The molecule has 0 aromatic heterocycles. The van der Waals surface area contributed by atoms with Gasteiger partial charge in [-0.05, 0) is 91.0 Å². The maximum Gasteiger partial charge on any atom is 0.0408 e. The molecule has 0 N–H and O–H groups in total. The van der Waals surface area contributed by atoms with Gasteiger partial charge in [0, 0.05) is 5.02 Å². The van der Waals surface area contributed by atoms with Gasteiger partial charge in [0.25, 0.3) is 0 Å². The van der Waals surface area contributed by atoms with Crippen LogP contribution in [0.4, 0.5) is 0 Å². The molecule has 3 aromatic carbocycles. The third-order valence-electron chi connectivity index (χ3n) is 5.86. The Bertz CT molecular complexity index is 937. The van der Waals surface area contributed by atoms with Crippen LogP contribution in [0.15, 0.2) is 73.3 Å². The minimum atomic E-state index is 0.499. The summed E-state index contributed by atoms with van der Waals surface area (Å²) in [6.45, 7) is 8.20. The quantitative estimate of drug-likeness (QED) is 0.315. The van der Waals surface area contributed by atoms with Crippen molar-refractivity contribution in [1.82, 2.24) is 0 Å². The second-order valence-electron chi connectivity index (χ2n) is 8.07. The van der Waals surface area contributed by atoms with E-state index in [1.54, 1.807) is 0 Å². The second kappa shape index (κ2) is 10.5. The molecule has 0 spiro atoms. The fourth-order valence-corrected chi connectivity index (χ4v) is 4.10. The third-order valence-corrected chi connectivity index (χ3v) is 6.09. The zero-order valence-electron chi connectivity index (χ0n) is 17.6. The summed E-state index contributed by atoms with van der Waals surface area (Å²) in [5, 5.41) is 0.829. The normalized spacial score (nSPS) is 12.0. The van der Waals surface area contributed by atoms with Crippen molar-refractivity contribution >= 4 is 17.7 Å². The van der Waals surface area contributed by atoms with Crippen LogP contribution in [0.1, 0.15) is 58.6 Å². The van der Waals surface area contributed by atoms with Crippen molar-refractivity contribution in [1.29, 1.82) is 0 Å². The SMILES string of the molecule is C=Cc1ccc(CCCCC(Cc2ccc(C)c(C)c2)c2cccc(Cl)c2)cc1. The molecular weight excluding hydrogens is 372 g/mol. The van der Waals surface area contributed by atoms with Crippen molar-refractivity contribution in [2.45, 2.75) is 51.9 Å². The summed E-state index contributed by atoms with van der Waals surface area (Å²) in [6, 6.07) is 24.0. The molecule has 0 saturated heterocycles. The number of hydrogen-bond acceptors (Lipinski definition) is 0. The summed E-state index contributed by atoms with van der Waals surface area (Å²) in [7, 11) is 0. The molecule has 1 unspecified atom stereocenters. The summed E-state index contributed by atoms with van der Waals surface area (Å²) >= 11 is 6.30. The molecule has 1 atom stereocenters. The first-order valence-electron chi connectivity index (χ1n) is 10.6. The van der Waals surface area contributed by atoms with Crippen LogP contribution in [0, 0.1) is 13.8 Å². The van der Waals surface area contributed by atoms with Crippen molar-refractivity contribution in [3.63, 3.8) is 0 Å². The first-order valence-corrected chi connectivity index (χ1v) is 11.0. The summed E-state index contributed by atoms with van der Waals surface area (Å²) in [4.78, 5) is 0. The van der Waals surface area contributed by atoms with Gasteiger partial charge in [-0.2, -0.15) is 0 Å². The van der Waals surface area contributed by atoms with Gasteiger partial charge in [0.15, 0.2) is 0 Å². The van der Waals surface area contributed by atoms with E-state index in [-0.39, 0.29) is 0 Å². The van der Waals surface area contributed by atoms with Gasteiger partial charge in [-0.25, -0.2) is 0 Å². The Morgan fingerprint density at radius 1 is 0.862 bits per heavy atom. The molecule has 0 aliphatic carbocycles. The lowest BCUT2D eigenvalue weighted by molar-refractivity contribution is 0.567. The molecule has 0 aliphatic rings. The van der Waals surface area contributed by atoms with E-state index in [0.717, 1.165) is 17.9 Å². The Morgan fingerprint density at radius 3 is 2.31 bits per heavy atom. The summed E-state index contributed by atoms with van der Waals surface area (Å²) in [5.74, 6) is 0.499. The molecule has 0 nitrogen and oxygen atoms in total. The van der Waals surface area contributed by atoms with Crippen LogP contribution in [0.3, 0.4) is 0 Å². The number of unbranched alkanes of at least 4 members (excludes halogenated alkanes) is 1. The average Bonchev–Trinajstić information content (AvgIpc) is 2.73. The smallest absolute Gasteiger partial charge is 0.0408 e. The molecule has 0 fully saturated rings. The molecule has 0 heterocycles. The highest BCUT2D eigenvalue weighted by atomic mass is 35.5. The van der Waals surface area contributed by atoms with Crippen LogP contribution in [0.25, 0.3) is 6.08 Å². The Hall–Kier alpha value is -2.31. The highest BCUT2D eigenvalue weighted by molar-refractivity contribution is 6.30. The average molecular weight is 403 g/mol. The van der Waals surface area contributed by atoms with Crippen molar-refractivity contribution < 1.29 is 0 Å². The van der Waals surface area contributed by atoms with Crippen LogP contribution >= 0.6 is 11.6 Å². The lowest BCUT2D eigenvalue weighted by Crippen LogP contribution is -2.04. The minimum absolute atomic E-state index is 0.499. The van der Waals surface area contributed by atoms with Crippen molar-refractivity contribution in [2.24, 2.45) is 0 Å². The predicted octanol–water partition coefficient (Wildman–Crippen LogP) is 8.34. The lowest BCUT2D eigenvalue weighted by atomic mass is 9.86. The first kappa shape index (κ1) is 21.4. The second-order valence-corrected chi connectivity index (χ2v) is 8.50. The lowest BCUT2D eigenvalue weighted by Gasteiger charge is -2.19. The van der Waals surface area contributed by atoms with Crippen molar-refractivity contribution in [3.05, 3.63) is 112 Å². The Balaban J connectivity index is 1.64. The van der Waals surface area contributed by atoms with Gasteiger partial charge in [0.05, 0.1) is 0 Å². The topological polar surface area (TPSA) is 0 Å². The molecule has 150 valence electrons. The molecule has 0 amide bonds. The maximum absolute atomic E-state index is 6.30. The number of halogens is 1. The van der Waals surface area contributed by atoms with Crippen molar-refractivity contribution in [3.8, 4) is 0 Å². The standard InChI is InChI=1S/C28H31Cl/c1-4-23-14-16-24(17-15-23)8-5-6-9-26(27-10-7-11-28(29)20-27)19-25-13-12-21(2)22(3)18-25/h4,7,10-18,20,26H,1,5-6,8-9,19H2,2-3H3. The Kier molecular flexibility index (Phi) is 7.72. The zero-order valence-corrected chi connectivity index (χ0v) is 18.4. The monoisotopic (exact) mass is 402 g/mol. The van der Waals surface area contributed by atoms with E-state index in [2.05, 4.69) is 81.1 Å². The van der Waals surface area contributed by atoms with Crippen LogP contribution in [-0.4, -0.2) is 0 Å². The highest BCUT2D eigenvalue weighted by Gasteiger charge is 2.13. The first-order chi connectivity index (χ1) is 14.0. The number of hydrogen-bond donors (Lipinski definition) is 0. The van der Waals surface area contributed by atoms with Crippen LogP contribution < -0.4 is 0 Å². The van der Waals surface area contributed by atoms with E-state index in [0.29, 0.717) is 5.92 Å². The van der Waals surface area contributed by atoms with Gasteiger partial charge in [-0.3, -0.25) is 0 Å². The molecule has 1 heteroatoms. The fraction of sp³-hybridized carbons (Fsp3) is 0.286. The summed E-state index contributed by atoms with van der Waals surface area (Å²) < 4.78 is 0. The molecule has 0 aliphatic heterocycles. The van der Waals surface area contributed by atoms with Gasteiger partial charge in [-0.15, -0.1) is 0 Å². The van der Waals surface area contributed by atoms with Gasteiger partial charge in [0.1, 0.15) is 0 Å². The van der Waals surface area contributed by atoms with E-state index in [1.807, 2.05) is 12.1 Å². The largest absolute Gasteiger partial charge is 0.0985 e. The number of benzene rings is 3. The van der Waals surface area contributed by atoms with Gasteiger partial charge in [0.2, 0.25) is 0 Å². The van der Waals surface area contributed by atoms with Gasteiger partial charge >= 0.3 is 0 Å². The maximum atomic E-state index is 6.30. The summed E-state index contributed by atoms with van der Waals surface area (Å²) in [5.41, 5.74) is 8.09. The Labute approximate surface area is 181 Å². The van der Waals surface area contributed by atoms with E-state index in [1.165, 1.54) is 52.6 Å².